The standard InChI is InChI=1S/C15H32N2/c1-4-14-7-5-10-17(12-8-14)11-6-9-15(2,3)13-16/h14H,4-13,16H2,1-3H3. The predicted molar refractivity (Wildman–Crippen MR) is 76.1 cm³/mol. The second-order valence-corrected chi connectivity index (χ2v) is 6.52. The van der Waals surface area contributed by atoms with E-state index < -0.39 is 0 Å². The van der Waals surface area contributed by atoms with Crippen LogP contribution in [0.25, 0.3) is 0 Å². The summed E-state index contributed by atoms with van der Waals surface area (Å²) < 4.78 is 0. The summed E-state index contributed by atoms with van der Waals surface area (Å²) in [7, 11) is 0. The average molecular weight is 240 g/mol. The van der Waals surface area contributed by atoms with Crippen LogP contribution in [0.5, 0.6) is 0 Å². The molecule has 1 heterocycles. The topological polar surface area (TPSA) is 29.3 Å². The highest BCUT2D eigenvalue weighted by molar-refractivity contribution is 4.72. The molecule has 1 unspecified atom stereocenters. The summed E-state index contributed by atoms with van der Waals surface area (Å²) in [4.78, 5) is 2.67. The smallest absolute Gasteiger partial charge is 0.00161 e. The summed E-state index contributed by atoms with van der Waals surface area (Å²) in [6, 6.07) is 0. The lowest BCUT2D eigenvalue weighted by molar-refractivity contribution is 0.247. The van der Waals surface area contributed by atoms with E-state index in [0.717, 1.165) is 12.5 Å². The van der Waals surface area contributed by atoms with Crippen LogP contribution in [0, 0.1) is 11.3 Å². The van der Waals surface area contributed by atoms with Crippen molar-refractivity contribution < 1.29 is 0 Å². The molecule has 0 radical (unpaired) electrons. The van der Waals surface area contributed by atoms with Crippen molar-refractivity contribution >= 4 is 0 Å². The van der Waals surface area contributed by atoms with Gasteiger partial charge in [-0.3, -0.25) is 0 Å². The van der Waals surface area contributed by atoms with Crippen LogP contribution in [0.2, 0.25) is 0 Å². The molecule has 2 nitrogen and oxygen atoms in total. The van der Waals surface area contributed by atoms with Crippen molar-refractivity contribution in [3.8, 4) is 0 Å². The molecule has 0 aliphatic carbocycles. The molecule has 102 valence electrons. The van der Waals surface area contributed by atoms with Crippen molar-refractivity contribution in [2.24, 2.45) is 17.1 Å². The highest BCUT2D eigenvalue weighted by atomic mass is 15.1. The maximum Gasteiger partial charge on any atom is -0.00161 e. The van der Waals surface area contributed by atoms with Gasteiger partial charge in [-0.25, -0.2) is 0 Å². The highest BCUT2D eigenvalue weighted by Crippen LogP contribution is 2.23. The van der Waals surface area contributed by atoms with E-state index in [4.69, 9.17) is 5.73 Å². The molecule has 1 atom stereocenters. The second-order valence-electron chi connectivity index (χ2n) is 6.52. The molecule has 1 saturated heterocycles. The van der Waals surface area contributed by atoms with Crippen LogP contribution < -0.4 is 5.73 Å². The van der Waals surface area contributed by atoms with Gasteiger partial charge in [-0.15, -0.1) is 0 Å². The number of nitrogens with zero attached hydrogens (tertiary/aromatic N) is 1. The fraction of sp³-hybridized carbons (Fsp3) is 1.00. The lowest BCUT2D eigenvalue weighted by Gasteiger charge is -2.25. The minimum absolute atomic E-state index is 0.331. The molecule has 0 amide bonds. The van der Waals surface area contributed by atoms with E-state index in [1.807, 2.05) is 0 Å². The maximum absolute atomic E-state index is 5.77. The molecule has 1 aliphatic rings. The minimum atomic E-state index is 0.331. The summed E-state index contributed by atoms with van der Waals surface area (Å²) >= 11 is 0. The summed E-state index contributed by atoms with van der Waals surface area (Å²) in [6.07, 6.45) is 8.20. The number of hydrogen-bond donors (Lipinski definition) is 1. The van der Waals surface area contributed by atoms with E-state index in [-0.39, 0.29) is 0 Å². The van der Waals surface area contributed by atoms with Crippen LogP contribution in [0.3, 0.4) is 0 Å². The normalized spacial score (nSPS) is 23.6. The van der Waals surface area contributed by atoms with Crippen LogP contribution in [0.15, 0.2) is 0 Å². The molecule has 0 bridgehead atoms. The van der Waals surface area contributed by atoms with Crippen LogP contribution in [0.4, 0.5) is 0 Å². The van der Waals surface area contributed by atoms with Gasteiger partial charge >= 0.3 is 0 Å². The van der Waals surface area contributed by atoms with E-state index >= 15 is 0 Å². The van der Waals surface area contributed by atoms with Crippen molar-refractivity contribution in [3.05, 3.63) is 0 Å². The number of hydrogen-bond acceptors (Lipinski definition) is 2. The lowest BCUT2D eigenvalue weighted by atomic mass is 9.88. The van der Waals surface area contributed by atoms with E-state index in [1.165, 1.54) is 58.2 Å². The molecular weight excluding hydrogens is 208 g/mol. The van der Waals surface area contributed by atoms with Crippen LogP contribution >= 0.6 is 0 Å². The molecule has 1 rings (SSSR count). The quantitative estimate of drug-likeness (QED) is 0.772. The maximum atomic E-state index is 5.77. The van der Waals surface area contributed by atoms with Gasteiger partial charge in [0.1, 0.15) is 0 Å². The zero-order chi connectivity index (χ0) is 12.7. The Hall–Kier alpha value is -0.0800. The zero-order valence-electron chi connectivity index (χ0n) is 12.2. The van der Waals surface area contributed by atoms with Crippen LogP contribution in [-0.2, 0) is 0 Å². The largest absolute Gasteiger partial charge is 0.330 e. The first-order valence-corrected chi connectivity index (χ1v) is 7.50. The van der Waals surface area contributed by atoms with E-state index in [2.05, 4.69) is 25.7 Å². The van der Waals surface area contributed by atoms with Crippen molar-refractivity contribution in [1.82, 2.24) is 4.90 Å². The van der Waals surface area contributed by atoms with Gasteiger partial charge in [0.2, 0.25) is 0 Å². The van der Waals surface area contributed by atoms with Crippen molar-refractivity contribution in [2.45, 2.75) is 59.3 Å². The Balaban J connectivity index is 2.19. The number of nitrogens with two attached hydrogens (primary N) is 1. The van der Waals surface area contributed by atoms with Crippen molar-refractivity contribution in [3.63, 3.8) is 0 Å². The first-order chi connectivity index (χ1) is 8.07. The molecule has 0 aromatic rings. The van der Waals surface area contributed by atoms with Gasteiger partial charge in [-0.2, -0.15) is 0 Å². The molecule has 1 fully saturated rings. The Bertz CT molecular complexity index is 201. The van der Waals surface area contributed by atoms with E-state index in [1.54, 1.807) is 0 Å². The molecule has 0 saturated carbocycles. The summed E-state index contributed by atoms with van der Waals surface area (Å²) in [5.41, 5.74) is 6.10. The Morgan fingerprint density at radius 3 is 2.65 bits per heavy atom. The van der Waals surface area contributed by atoms with Crippen LogP contribution in [0.1, 0.15) is 59.3 Å². The van der Waals surface area contributed by atoms with Gasteiger partial charge in [0.25, 0.3) is 0 Å². The molecule has 2 heteroatoms. The highest BCUT2D eigenvalue weighted by Gasteiger charge is 2.18. The Morgan fingerprint density at radius 2 is 2.00 bits per heavy atom. The van der Waals surface area contributed by atoms with Crippen molar-refractivity contribution in [2.75, 3.05) is 26.2 Å². The Morgan fingerprint density at radius 1 is 1.24 bits per heavy atom. The van der Waals surface area contributed by atoms with E-state index in [9.17, 15) is 0 Å². The molecule has 0 aromatic heterocycles. The number of likely N-dealkylation sites (tertiary alicyclic amines) is 1. The summed E-state index contributed by atoms with van der Waals surface area (Å²) in [6.45, 7) is 11.6. The molecule has 1 aliphatic heterocycles. The minimum Gasteiger partial charge on any atom is -0.330 e. The van der Waals surface area contributed by atoms with Crippen molar-refractivity contribution in [1.29, 1.82) is 0 Å². The third kappa shape index (κ3) is 5.87. The fourth-order valence-corrected chi connectivity index (χ4v) is 2.74. The van der Waals surface area contributed by atoms with Gasteiger partial charge in [0.05, 0.1) is 0 Å². The fourth-order valence-electron chi connectivity index (χ4n) is 2.74. The monoisotopic (exact) mass is 240 g/mol. The summed E-state index contributed by atoms with van der Waals surface area (Å²) in [5.74, 6) is 0.987. The SMILES string of the molecule is CCC1CCCN(CCCC(C)(C)CN)CC1. The molecule has 0 aromatic carbocycles. The summed E-state index contributed by atoms with van der Waals surface area (Å²) in [5, 5.41) is 0. The lowest BCUT2D eigenvalue weighted by Crippen LogP contribution is -2.29. The third-order valence-corrected chi connectivity index (χ3v) is 4.40. The molecule has 0 spiro atoms. The average Bonchev–Trinajstić information content (AvgIpc) is 2.54. The Kier molecular flexibility index (Phi) is 6.50. The zero-order valence-corrected chi connectivity index (χ0v) is 12.2. The second kappa shape index (κ2) is 7.38. The van der Waals surface area contributed by atoms with Gasteiger partial charge in [-0.05, 0) is 69.6 Å². The molecular formula is C15H32N2. The van der Waals surface area contributed by atoms with Gasteiger partial charge in [-0.1, -0.05) is 27.2 Å². The van der Waals surface area contributed by atoms with Gasteiger partial charge in [0, 0.05) is 0 Å². The van der Waals surface area contributed by atoms with Gasteiger partial charge in [0.15, 0.2) is 0 Å². The van der Waals surface area contributed by atoms with Gasteiger partial charge < -0.3 is 10.6 Å². The molecule has 2 N–H and O–H groups in total. The van der Waals surface area contributed by atoms with E-state index in [0.29, 0.717) is 5.41 Å². The third-order valence-electron chi connectivity index (χ3n) is 4.40. The predicted octanol–water partition coefficient (Wildman–Crippen LogP) is 3.26. The first-order valence-electron chi connectivity index (χ1n) is 7.50. The first kappa shape index (κ1) is 15.0. The number of rotatable bonds is 6. The molecule has 17 heavy (non-hydrogen) atoms. The van der Waals surface area contributed by atoms with Crippen LogP contribution in [-0.4, -0.2) is 31.1 Å². The Labute approximate surface area is 108 Å².